The zero-order valence-electron chi connectivity index (χ0n) is 17.0. The summed E-state index contributed by atoms with van der Waals surface area (Å²) in [5.74, 6) is 0. The number of aromatic nitrogens is 1. The van der Waals surface area contributed by atoms with Crippen LogP contribution >= 0.6 is 0 Å². The summed E-state index contributed by atoms with van der Waals surface area (Å²) in [6.07, 6.45) is 2.03. The van der Waals surface area contributed by atoms with Gasteiger partial charge < -0.3 is 0 Å². The first-order valence-electron chi connectivity index (χ1n) is 10.1. The van der Waals surface area contributed by atoms with Crippen LogP contribution < -0.4 is 13.2 Å². The Bertz CT molecular complexity index is 1470. The van der Waals surface area contributed by atoms with Crippen LogP contribution in [0.5, 0.6) is 0 Å². The molecule has 5 rings (SSSR count). The van der Waals surface area contributed by atoms with E-state index >= 15 is 0 Å². The topological polar surface area (TPSA) is 53.2 Å². The molecule has 0 aliphatic heterocycles. The molecule has 0 fully saturated rings. The zero-order chi connectivity index (χ0) is 22.0. The van der Waals surface area contributed by atoms with Gasteiger partial charge >= 0.3 is 194 Å². The molecule has 0 bridgehead atoms. The van der Waals surface area contributed by atoms with E-state index in [1.54, 1.807) is 24.3 Å². The molecule has 0 unspecified atom stereocenters. The van der Waals surface area contributed by atoms with Crippen molar-refractivity contribution in [1.82, 2.24) is 4.98 Å². The van der Waals surface area contributed by atoms with E-state index in [0.29, 0.717) is 11.4 Å². The molecule has 0 amide bonds. The fourth-order valence-corrected chi connectivity index (χ4v) is 7.50. The molecule has 0 aliphatic carbocycles. The molecule has 4 aromatic carbocycles. The minimum atomic E-state index is -3.82. The maximum absolute atomic E-state index is 13.8. The second kappa shape index (κ2) is 8.67. The maximum atomic E-state index is 13.8. The molecule has 6 heteroatoms. The van der Waals surface area contributed by atoms with Crippen LogP contribution in [-0.2, 0) is 10.0 Å². The van der Waals surface area contributed by atoms with E-state index < -0.39 is 10.0 Å². The molecular weight excluding hydrogens is 483 g/mol. The number of nitrogens with zero attached hydrogens (tertiary/aromatic N) is 1. The average Bonchev–Trinajstić information content (AvgIpc) is 3.24. The average molecular weight is 503 g/mol. The molecule has 4 nitrogen and oxygen atoms in total. The molecule has 0 saturated heterocycles. The quantitative estimate of drug-likeness (QED) is 0.351. The summed E-state index contributed by atoms with van der Waals surface area (Å²) in [7, 11) is -3.82. The van der Waals surface area contributed by atoms with Gasteiger partial charge in [-0.15, -0.1) is 0 Å². The van der Waals surface area contributed by atoms with Gasteiger partial charge in [-0.25, -0.2) is 0 Å². The van der Waals surface area contributed by atoms with Crippen LogP contribution in [0.15, 0.2) is 120 Å². The van der Waals surface area contributed by atoms with Gasteiger partial charge in [0.15, 0.2) is 0 Å². The van der Waals surface area contributed by atoms with Crippen molar-refractivity contribution in [1.29, 1.82) is 0 Å². The van der Waals surface area contributed by atoms with Gasteiger partial charge in [0.25, 0.3) is 0 Å². The number of hydrogen-bond donors (Lipinski definition) is 1. The van der Waals surface area contributed by atoms with Gasteiger partial charge in [-0.3, -0.25) is 0 Å². The molecule has 32 heavy (non-hydrogen) atoms. The van der Waals surface area contributed by atoms with Crippen molar-refractivity contribution in [3.8, 4) is 0 Å². The summed E-state index contributed by atoms with van der Waals surface area (Å²) in [6.45, 7) is 0. The number of benzene rings is 4. The monoisotopic (exact) mass is 504 g/mol. The molecule has 5 aromatic rings. The van der Waals surface area contributed by atoms with Gasteiger partial charge in [0.05, 0.1) is 0 Å². The Morgan fingerprint density at radius 3 is 2.06 bits per heavy atom. The summed E-state index contributed by atoms with van der Waals surface area (Å²) in [6, 6.07) is 33.8. The Balaban J connectivity index is 1.66. The molecule has 0 aliphatic rings. The fourth-order valence-electron chi connectivity index (χ4n) is 3.63. The van der Waals surface area contributed by atoms with Gasteiger partial charge in [-0.05, 0) is 0 Å². The molecule has 0 saturated carbocycles. The standard InChI is InChI=1S/C26H20N2O2SSe/c29-31(30,21-13-5-2-6-14-21)28(20-11-3-1-4-12-20)24-17-9-10-18-25(24)32-26-19-27-23-16-8-7-15-22(23)26/h1-19,27H. The minimum absolute atomic E-state index is 0.102. The van der Waals surface area contributed by atoms with Gasteiger partial charge in [-0.2, -0.15) is 0 Å². The first-order chi connectivity index (χ1) is 15.6. The number of H-pyrrole nitrogens is 1. The van der Waals surface area contributed by atoms with E-state index in [9.17, 15) is 8.42 Å². The number of fused-ring (bicyclic) bond motifs is 1. The van der Waals surface area contributed by atoms with Gasteiger partial charge in [0.1, 0.15) is 0 Å². The zero-order valence-corrected chi connectivity index (χ0v) is 19.6. The van der Waals surface area contributed by atoms with E-state index in [2.05, 4.69) is 17.1 Å². The molecule has 1 heterocycles. The second-order valence-electron chi connectivity index (χ2n) is 7.19. The third-order valence-corrected chi connectivity index (χ3v) is 9.24. The van der Waals surface area contributed by atoms with E-state index in [4.69, 9.17) is 0 Å². The number of rotatable bonds is 6. The molecular formula is C26H20N2O2SSe. The number of anilines is 2. The van der Waals surface area contributed by atoms with E-state index in [-0.39, 0.29) is 19.9 Å². The molecule has 158 valence electrons. The Kier molecular flexibility index (Phi) is 5.58. The van der Waals surface area contributed by atoms with Gasteiger partial charge in [0, 0.05) is 0 Å². The van der Waals surface area contributed by atoms with Crippen LogP contribution in [0.1, 0.15) is 0 Å². The van der Waals surface area contributed by atoms with Crippen LogP contribution in [0.4, 0.5) is 11.4 Å². The summed E-state index contributed by atoms with van der Waals surface area (Å²) < 4.78 is 31.3. The predicted octanol–water partition coefficient (Wildman–Crippen LogP) is 4.35. The Labute approximate surface area is 193 Å². The number of hydrogen-bond acceptors (Lipinski definition) is 2. The Morgan fingerprint density at radius 1 is 0.656 bits per heavy atom. The van der Waals surface area contributed by atoms with E-state index in [1.165, 1.54) is 14.2 Å². The third-order valence-electron chi connectivity index (χ3n) is 5.13. The van der Waals surface area contributed by atoms with Crippen molar-refractivity contribution in [2.24, 2.45) is 0 Å². The van der Waals surface area contributed by atoms with Crippen molar-refractivity contribution in [3.05, 3.63) is 115 Å². The van der Waals surface area contributed by atoms with Crippen molar-refractivity contribution in [2.75, 3.05) is 4.31 Å². The van der Waals surface area contributed by atoms with Gasteiger partial charge in [-0.1, -0.05) is 0 Å². The van der Waals surface area contributed by atoms with Crippen molar-refractivity contribution in [2.45, 2.75) is 4.90 Å². The normalized spacial score (nSPS) is 11.5. The summed E-state index contributed by atoms with van der Waals surface area (Å²) in [5, 5.41) is 1.17. The number of para-hydroxylation sites is 3. The molecule has 0 spiro atoms. The van der Waals surface area contributed by atoms with Crippen LogP contribution in [0.3, 0.4) is 0 Å². The van der Waals surface area contributed by atoms with Crippen molar-refractivity contribution < 1.29 is 8.42 Å². The SMILES string of the molecule is O=S(=O)(c1ccccc1)N(c1ccccc1)c1ccccc1[Se]c1c[nH]c2ccccc12. The molecule has 1 N–H and O–H groups in total. The Morgan fingerprint density at radius 2 is 1.28 bits per heavy atom. The fraction of sp³-hybridized carbons (Fsp3) is 0. The van der Waals surface area contributed by atoms with Crippen molar-refractivity contribution in [3.63, 3.8) is 0 Å². The van der Waals surface area contributed by atoms with Crippen LogP contribution in [0.25, 0.3) is 10.9 Å². The van der Waals surface area contributed by atoms with E-state index in [0.717, 1.165) is 9.98 Å². The summed E-state index contributed by atoms with van der Waals surface area (Å²) in [4.78, 5) is 3.59. The summed E-state index contributed by atoms with van der Waals surface area (Å²) in [5.41, 5.74) is 2.37. The number of nitrogens with one attached hydrogen (secondary N) is 1. The Hall–Kier alpha value is -3.31. The van der Waals surface area contributed by atoms with Crippen LogP contribution in [-0.4, -0.2) is 28.4 Å². The van der Waals surface area contributed by atoms with Crippen molar-refractivity contribution >= 4 is 56.2 Å². The number of aromatic amines is 1. The molecule has 1 aromatic heterocycles. The van der Waals surface area contributed by atoms with Crippen LogP contribution in [0.2, 0.25) is 0 Å². The third kappa shape index (κ3) is 3.84. The first kappa shape index (κ1) is 20.6. The molecule has 0 atom stereocenters. The van der Waals surface area contributed by atoms with E-state index in [1.807, 2.05) is 79.0 Å². The number of sulfonamides is 1. The predicted molar refractivity (Wildman–Crippen MR) is 132 cm³/mol. The second-order valence-corrected chi connectivity index (χ2v) is 11.2. The van der Waals surface area contributed by atoms with Gasteiger partial charge in [0.2, 0.25) is 0 Å². The first-order valence-corrected chi connectivity index (χ1v) is 13.3. The van der Waals surface area contributed by atoms with Crippen LogP contribution in [0, 0.1) is 0 Å². The molecule has 0 radical (unpaired) electrons. The summed E-state index contributed by atoms with van der Waals surface area (Å²) >= 11 is -0.102.